The quantitative estimate of drug-likeness (QED) is 0.569. The van der Waals surface area contributed by atoms with Crippen molar-refractivity contribution in [1.29, 1.82) is 0 Å². The molecule has 10 heavy (non-hydrogen) atoms. The van der Waals surface area contributed by atoms with Gasteiger partial charge in [-0.25, -0.2) is 5.11 Å². The van der Waals surface area contributed by atoms with Crippen molar-refractivity contribution in [2.75, 3.05) is 20.2 Å². The van der Waals surface area contributed by atoms with Crippen LogP contribution in [-0.2, 0) is 5.11 Å². The second-order valence-corrected chi connectivity index (χ2v) is 3.12. The monoisotopic (exact) mass is 142 g/mol. The SMILES string of the molecule is CN1CCCCC1CC[O]. The molecule has 1 fully saturated rings. The number of nitrogens with zero attached hydrogens (tertiary/aromatic N) is 1. The van der Waals surface area contributed by atoms with Crippen molar-refractivity contribution < 1.29 is 5.11 Å². The molecule has 0 spiro atoms. The highest BCUT2D eigenvalue weighted by Gasteiger charge is 2.17. The summed E-state index contributed by atoms with van der Waals surface area (Å²) in [4.78, 5) is 2.32. The molecule has 0 saturated carbocycles. The maximum Gasteiger partial charge on any atom is 0.0837 e. The van der Waals surface area contributed by atoms with Gasteiger partial charge in [0.05, 0.1) is 6.61 Å². The Bertz CT molecular complexity index is 93.3. The minimum Gasteiger partial charge on any atom is -0.303 e. The first-order chi connectivity index (χ1) is 4.84. The lowest BCUT2D eigenvalue weighted by Gasteiger charge is -2.31. The molecule has 1 rings (SSSR count). The summed E-state index contributed by atoms with van der Waals surface area (Å²) in [5.74, 6) is 0. The smallest absolute Gasteiger partial charge is 0.0837 e. The first-order valence-corrected chi connectivity index (χ1v) is 4.13. The van der Waals surface area contributed by atoms with Gasteiger partial charge in [-0.2, -0.15) is 0 Å². The number of rotatable bonds is 2. The molecule has 1 aliphatic rings. The van der Waals surface area contributed by atoms with Crippen LogP contribution in [0.25, 0.3) is 0 Å². The van der Waals surface area contributed by atoms with E-state index in [1.807, 2.05) is 0 Å². The van der Waals surface area contributed by atoms with E-state index < -0.39 is 0 Å². The van der Waals surface area contributed by atoms with Gasteiger partial charge >= 0.3 is 0 Å². The van der Waals surface area contributed by atoms with E-state index in [1.54, 1.807) is 0 Å². The lowest BCUT2D eigenvalue weighted by molar-refractivity contribution is 0.117. The Kier molecular flexibility index (Phi) is 3.16. The fraction of sp³-hybridized carbons (Fsp3) is 1.00. The van der Waals surface area contributed by atoms with Gasteiger partial charge in [0.25, 0.3) is 0 Å². The minimum absolute atomic E-state index is 0.0923. The summed E-state index contributed by atoms with van der Waals surface area (Å²) in [6, 6.07) is 0.589. The van der Waals surface area contributed by atoms with Gasteiger partial charge < -0.3 is 4.90 Å². The summed E-state index contributed by atoms with van der Waals surface area (Å²) in [7, 11) is 2.12. The normalized spacial score (nSPS) is 28.8. The van der Waals surface area contributed by atoms with Gasteiger partial charge in [0.2, 0.25) is 0 Å². The zero-order chi connectivity index (χ0) is 7.40. The average molecular weight is 142 g/mol. The lowest BCUT2D eigenvalue weighted by atomic mass is 10.0. The summed E-state index contributed by atoms with van der Waals surface area (Å²) < 4.78 is 0. The summed E-state index contributed by atoms with van der Waals surface area (Å²) in [6.45, 7) is 1.28. The van der Waals surface area contributed by atoms with E-state index in [1.165, 1.54) is 25.8 Å². The van der Waals surface area contributed by atoms with Crippen LogP contribution in [-0.4, -0.2) is 31.1 Å². The number of hydrogen-bond donors (Lipinski definition) is 0. The molecular formula is C8H16NO. The lowest BCUT2D eigenvalue weighted by Crippen LogP contribution is -2.36. The van der Waals surface area contributed by atoms with E-state index in [-0.39, 0.29) is 6.61 Å². The molecule has 0 aromatic heterocycles. The second-order valence-electron chi connectivity index (χ2n) is 3.12. The van der Waals surface area contributed by atoms with Gasteiger partial charge in [0.1, 0.15) is 0 Å². The summed E-state index contributed by atoms with van der Waals surface area (Å²) in [5.41, 5.74) is 0. The Hall–Kier alpha value is -0.0800. The first kappa shape index (κ1) is 8.02. The molecule has 2 heteroatoms. The zero-order valence-corrected chi connectivity index (χ0v) is 6.68. The van der Waals surface area contributed by atoms with Gasteiger partial charge in [-0.05, 0) is 32.9 Å². The maximum absolute atomic E-state index is 10.3. The van der Waals surface area contributed by atoms with Crippen molar-refractivity contribution in [3.05, 3.63) is 0 Å². The van der Waals surface area contributed by atoms with E-state index in [0.717, 1.165) is 6.42 Å². The highest BCUT2D eigenvalue weighted by molar-refractivity contribution is 4.73. The largest absolute Gasteiger partial charge is 0.303 e. The van der Waals surface area contributed by atoms with Gasteiger partial charge in [-0.1, -0.05) is 6.42 Å². The van der Waals surface area contributed by atoms with Gasteiger partial charge in [-0.15, -0.1) is 0 Å². The molecule has 0 N–H and O–H groups in total. The highest BCUT2D eigenvalue weighted by atomic mass is 16.3. The molecule has 59 valence electrons. The third kappa shape index (κ3) is 1.96. The number of piperidine rings is 1. The van der Waals surface area contributed by atoms with Crippen molar-refractivity contribution >= 4 is 0 Å². The van der Waals surface area contributed by atoms with Crippen LogP contribution >= 0.6 is 0 Å². The summed E-state index contributed by atoms with van der Waals surface area (Å²) in [5, 5.41) is 10.3. The van der Waals surface area contributed by atoms with Crippen LogP contribution in [0.3, 0.4) is 0 Å². The van der Waals surface area contributed by atoms with Crippen molar-refractivity contribution in [1.82, 2.24) is 4.90 Å². The average Bonchev–Trinajstić information content (AvgIpc) is 1.94. The molecule has 0 aliphatic carbocycles. The molecule has 0 amide bonds. The van der Waals surface area contributed by atoms with Crippen LogP contribution in [0.1, 0.15) is 25.7 Å². The van der Waals surface area contributed by atoms with Crippen LogP contribution in [0.2, 0.25) is 0 Å². The number of likely N-dealkylation sites (tertiary alicyclic amines) is 1. The highest BCUT2D eigenvalue weighted by Crippen LogP contribution is 2.16. The zero-order valence-electron chi connectivity index (χ0n) is 6.68. The number of hydrogen-bond acceptors (Lipinski definition) is 1. The van der Waals surface area contributed by atoms with Gasteiger partial charge in [0.15, 0.2) is 0 Å². The molecule has 1 unspecified atom stereocenters. The first-order valence-electron chi connectivity index (χ1n) is 4.13. The fourth-order valence-electron chi connectivity index (χ4n) is 1.64. The molecule has 1 atom stereocenters. The molecule has 1 radical (unpaired) electrons. The standard InChI is InChI=1S/C8H16NO/c1-9-6-3-2-4-8(9)5-7-10/h8H,2-7H2,1H3. The van der Waals surface area contributed by atoms with Crippen LogP contribution in [0.5, 0.6) is 0 Å². The van der Waals surface area contributed by atoms with Crippen LogP contribution < -0.4 is 0 Å². The Balaban J connectivity index is 2.25. The van der Waals surface area contributed by atoms with Crippen LogP contribution in [0.4, 0.5) is 0 Å². The van der Waals surface area contributed by atoms with E-state index in [0.29, 0.717) is 6.04 Å². The van der Waals surface area contributed by atoms with E-state index in [2.05, 4.69) is 11.9 Å². The van der Waals surface area contributed by atoms with Crippen LogP contribution in [0.15, 0.2) is 0 Å². The predicted octanol–water partition coefficient (Wildman–Crippen LogP) is 1.29. The summed E-state index contributed by atoms with van der Waals surface area (Å²) >= 11 is 0. The molecule has 1 saturated heterocycles. The van der Waals surface area contributed by atoms with Crippen molar-refractivity contribution in [2.24, 2.45) is 0 Å². The Labute approximate surface area is 62.8 Å². The topological polar surface area (TPSA) is 23.1 Å². The van der Waals surface area contributed by atoms with Crippen LogP contribution in [0, 0.1) is 0 Å². The molecule has 0 aromatic carbocycles. The van der Waals surface area contributed by atoms with Crippen molar-refractivity contribution in [2.45, 2.75) is 31.7 Å². The predicted molar refractivity (Wildman–Crippen MR) is 40.4 cm³/mol. The maximum atomic E-state index is 10.3. The molecule has 1 aliphatic heterocycles. The van der Waals surface area contributed by atoms with E-state index in [9.17, 15) is 5.11 Å². The molecule has 0 aromatic rings. The van der Waals surface area contributed by atoms with E-state index in [4.69, 9.17) is 0 Å². The third-order valence-electron chi connectivity index (χ3n) is 2.37. The fourth-order valence-corrected chi connectivity index (χ4v) is 1.64. The van der Waals surface area contributed by atoms with Gasteiger partial charge in [0, 0.05) is 6.04 Å². The Morgan fingerprint density at radius 1 is 1.50 bits per heavy atom. The van der Waals surface area contributed by atoms with Gasteiger partial charge in [-0.3, -0.25) is 0 Å². The molecular weight excluding hydrogens is 126 g/mol. The summed E-state index contributed by atoms with van der Waals surface area (Å²) in [6.07, 6.45) is 4.70. The molecule has 0 bridgehead atoms. The second kappa shape index (κ2) is 3.94. The molecule has 1 heterocycles. The van der Waals surface area contributed by atoms with Crippen molar-refractivity contribution in [3.63, 3.8) is 0 Å². The van der Waals surface area contributed by atoms with Crippen molar-refractivity contribution in [3.8, 4) is 0 Å². The minimum atomic E-state index is 0.0923. The van der Waals surface area contributed by atoms with E-state index >= 15 is 0 Å². The molecule has 2 nitrogen and oxygen atoms in total. The Morgan fingerprint density at radius 3 is 2.90 bits per heavy atom. The Morgan fingerprint density at radius 2 is 2.30 bits per heavy atom. The third-order valence-corrected chi connectivity index (χ3v) is 2.37.